The SMILES string of the molecule is CCCCCCCCCN(CCCCCCCCC)CCN(CCCCCCCCC)CC(=O)OC1CCC(OC(=O)CN(CCCCCCCCC)CCCCCCCCC)CC1. The summed E-state index contributed by atoms with van der Waals surface area (Å²) in [6.45, 7) is 19.5. The Morgan fingerprint density at radius 1 is 0.297 bits per heavy atom. The second-order valence-corrected chi connectivity index (χ2v) is 20.4. The standard InChI is InChI=1S/C57H113N3O4/c1-6-11-16-21-26-31-36-45-58(46-37-32-27-22-17-12-7-2)50-51-60(49-40-35-30-25-20-15-10-5)53-57(62)64-55-43-41-54(42-44-55)63-56(61)52-59(47-38-33-28-23-18-13-8-3)48-39-34-29-24-19-14-9-4/h54-55H,6-53H2,1-5H3. The minimum atomic E-state index is -0.0693. The Balaban J connectivity index is 2.68. The van der Waals surface area contributed by atoms with Gasteiger partial charge in [0.2, 0.25) is 0 Å². The predicted molar refractivity (Wildman–Crippen MR) is 278 cm³/mol. The van der Waals surface area contributed by atoms with Crippen LogP contribution >= 0.6 is 0 Å². The third-order valence-electron chi connectivity index (χ3n) is 14.0. The van der Waals surface area contributed by atoms with E-state index < -0.39 is 0 Å². The fourth-order valence-electron chi connectivity index (χ4n) is 9.70. The van der Waals surface area contributed by atoms with Gasteiger partial charge in [0, 0.05) is 13.1 Å². The Morgan fingerprint density at radius 3 is 0.766 bits per heavy atom. The number of nitrogens with zero attached hydrogens (tertiary/aromatic N) is 3. The van der Waals surface area contributed by atoms with Crippen molar-refractivity contribution in [2.24, 2.45) is 0 Å². The van der Waals surface area contributed by atoms with E-state index in [1.165, 1.54) is 231 Å². The number of carbonyl (C=O) groups is 2. The van der Waals surface area contributed by atoms with Crippen LogP contribution in [0, 0.1) is 0 Å². The van der Waals surface area contributed by atoms with Gasteiger partial charge in [-0.25, -0.2) is 0 Å². The molecule has 0 bridgehead atoms. The predicted octanol–water partition coefficient (Wildman–Crippen LogP) is 16.0. The van der Waals surface area contributed by atoms with E-state index in [0.717, 1.165) is 64.8 Å². The molecule has 1 rings (SSSR count). The van der Waals surface area contributed by atoms with Crippen LogP contribution in [-0.2, 0) is 19.1 Å². The maximum absolute atomic E-state index is 13.6. The first kappa shape index (κ1) is 60.8. The van der Waals surface area contributed by atoms with Crippen molar-refractivity contribution in [1.29, 1.82) is 0 Å². The van der Waals surface area contributed by atoms with Crippen molar-refractivity contribution in [3.05, 3.63) is 0 Å². The lowest BCUT2D eigenvalue weighted by Gasteiger charge is -2.30. The number of esters is 2. The quantitative estimate of drug-likeness (QED) is 0.0445. The summed E-state index contributed by atoms with van der Waals surface area (Å²) in [6.07, 6.45) is 48.9. The van der Waals surface area contributed by atoms with Gasteiger partial charge in [0.25, 0.3) is 0 Å². The molecule has 1 aliphatic carbocycles. The number of rotatable bonds is 49. The first-order chi connectivity index (χ1) is 31.4. The first-order valence-corrected chi connectivity index (χ1v) is 29.0. The number of hydrogen-bond acceptors (Lipinski definition) is 7. The van der Waals surface area contributed by atoms with Gasteiger partial charge in [0.15, 0.2) is 0 Å². The highest BCUT2D eigenvalue weighted by molar-refractivity contribution is 5.72. The van der Waals surface area contributed by atoms with Gasteiger partial charge in [0.1, 0.15) is 12.2 Å². The topological polar surface area (TPSA) is 62.3 Å². The fourth-order valence-corrected chi connectivity index (χ4v) is 9.70. The van der Waals surface area contributed by atoms with Gasteiger partial charge in [-0.1, -0.05) is 227 Å². The second-order valence-electron chi connectivity index (χ2n) is 20.4. The molecule has 0 aromatic carbocycles. The Labute approximate surface area is 400 Å². The maximum Gasteiger partial charge on any atom is 0.320 e. The highest BCUT2D eigenvalue weighted by atomic mass is 16.6. The molecule has 1 fully saturated rings. The molecule has 0 radical (unpaired) electrons. The zero-order chi connectivity index (χ0) is 46.4. The third-order valence-corrected chi connectivity index (χ3v) is 14.0. The third kappa shape index (κ3) is 38.9. The van der Waals surface area contributed by atoms with Crippen molar-refractivity contribution in [1.82, 2.24) is 14.7 Å². The molecule has 0 heterocycles. The molecule has 0 aromatic heterocycles. The van der Waals surface area contributed by atoms with Crippen LogP contribution in [0.1, 0.15) is 285 Å². The molecule has 0 saturated heterocycles. The summed E-state index contributed by atoms with van der Waals surface area (Å²) in [4.78, 5) is 34.4. The van der Waals surface area contributed by atoms with E-state index in [0.29, 0.717) is 13.1 Å². The van der Waals surface area contributed by atoms with Gasteiger partial charge in [-0.05, 0) is 90.5 Å². The first-order valence-electron chi connectivity index (χ1n) is 29.0. The molecule has 1 aliphatic rings. The summed E-state index contributed by atoms with van der Waals surface area (Å²) in [5.74, 6) is -0.138. The smallest absolute Gasteiger partial charge is 0.320 e. The number of hydrogen-bond donors (Lipinski definition) is 0. The number of carbonyl (C=O) groups excluding carboxylic acids is 2. The Morgan fingerprint density at radius 2 is 0.500 bits per heavy atom. The lowest BCUT2D eigenvalue weighted by atomic mass is 9.95. The molecule has 380 valence electrons. The largest absolute Gasteiger partial charge is 0.461 e. The minimum absolute atomic E-state index is 0.0612. The van der Waals surface area contributed by atoms with Gasteiger partial charge in [-0.15, -0.1) is 0 Å². The molecule has 0 spiro atoms. The van der Waals surface area contributed by atoms with Crippen molar-refractivity contribution >= 4 is 11.9 Å². The van der Waals surface area contributed by atoms with E-state index >= 15 is 0 Å². The maximum atomic E-state index is 13.6. The van der Waals surface area contributed by atoms with E-state index in [-0.39, 0.29) is 24.1 Å². The van der Waals surface area contributed by atoms with Crippen LogP contribution in [0.4, 0.5) is 0 Å². The van der Waals surface area contributed by atoms with Gasteiger partial charge >= 0.3 is 11.9 Å². The zero-order valence-electron chi connectivity index (χ0n) is 44.1. The van der Waals surface area contributed by atoms with Crippen LogP contribution in [-0.4, -0.2) is 97.7 Å². The van der Waals surface area contributed by atoms with Crippen molar-refractivity contribution in [3.63, 3.8) is 0 Å². The van der Waals surface area contributed by atoms with Crippen LogP contribution in [0.2, 0.25) is 0 Å². The summed E-state index contributed by atoms with van der Waals surface area (Å²) >= 11 is 0. The average molecular weight is 905 g/mol. The molecule has 0 aliphatic heterocycles. The monoisotopic (exact) mass is 904 g/mol. The normalized spacial score (nSPS) is 15.5. The summed E-state index contributed by atoms with van der Waals surface area (Å²) in [7, 11) is 0. The van der Waals surface area contributed by atoms with Crippen molar-refractivity contribution in [2.75, 3.05) is 58.9 Å². The average Bonchev–Trinajstić information content (AvgIpc) is 3.29. The molecule has 0 N–H and O–H groups in total. The van der Waals surface area contributed by atoms with Crippen molar-refractivity contribution < 1.29 is 19.1 Å². The fraction of sp³-hybridized carbons (Fsp3) is 0.965. The molecule has 0 aromatic rings. The molecule has 1 saturated carbocycles. The highest BCUT2D eigenvalue weighted by Crippen LogP contribution is 2.24. The Kier molecular flexibility index (Phi) is 44.6. The van der Waals surface area contributed by atoms with Crippen LogP contribution in [0.25, 0.3) is 0 Å². The summed E-state index contributed by atoms with van der Waals surface area (Å²) < 4.78 is 12.3. The number of unbranched alkanes of at least 4 members (excludes halogenated alkanes) is 30. The van der Waals surface area contributed by atoms with Crippen LogP contribution in [0.3, 0.4) is 0 Å². The van der Waals surface area contributed by atoms with Gasteiger partial charge in [-0.3, -0.25) is 19.4 Å². The van der Waals surface area contributed by atoms with Crippen molar-refractivity contribution in [3.8, 4) is 0 Å². The number of ether oxygens (including phenoxy) is 2. The van der Waals surface area contributed by atoms with Gasteiger partial charge in [0.05, 0.1) is 13.1 Å². The molecule has 0 amide bonds. The lowest BCUT2D eigenvalue weighted by Crippen LogP contribution is -2.40. The minimum Gasteiger partial charge on any atom is -0.461 e. The summed E-state index contributed by atoms with van der Waals surface area (Å²) in [6, 6.07) is 0. The summed E-state index contributed by atoms with van der Waals surface area (Å²) in [5.41, 5.74) is 0. The second kappa shape index (κ2) is 46.9. The van der Waals surface area contributed by atoms with Crippen LogP contribution < -0.4 is 0 Å². The van der Waals surface area contributed by atoms with E-state index in [1.54, 1.807) is 0 Å². The van der Waals surface area contributed by atoms with Gasteiger partial charge < -0.3 is 14.4 Å². The summed E-state index contributed by atoms with van der Waals surface area (Å²) in [5, 5.41) is 0. The Hall–Kier alpha value is -1.18. The van der Waals surface area contributed by atoms with E-state index in [9.17, 15) is 9.59 Å². The molecule has 7 heteroatoms. The molecule has 7 nitrogen and oxygen atoms in total. The zero-order valence-corrected chi connectivity index (χ0v) is 44.1. The van der Waals surface area contributed by atoms with E-state index in [4.69, 9.17) is 9.47 Å². The Bertz CT molecular complexity index is 952. The molecular weight excluding hydrogens is 791 g/mol. The van der Waals surface area contributed by atoms with Crippen molar-refractivity contribution in [2.45, 2.75) is 297 Å². The molecule has 0 unspecified atom stereocenters. The van der Waals surface area contributed by atoms with Gasteiger partial charge in [-0.2, -0.15) is 0 Å². The molecule has 0 atom stereocenters. The van der Waals surface area contributed by atoms with E-state index in [1.807, 2.05) is 0 Å². The lowest BCUT2D eigenvalue weighted by molar-refractivity contribution is -0.159. The van der Waals surface area contributed by atoms with E-state index in [2.05, 4.69) is 49.3 Å². The van der Waals surface area contributed by atoms with Crippen LogP contribution in [0.15, 0.2) is 0 Å². The molecule has 64 heavy (non-hydrogen) atoms. The highest BCUT2D eigenvalue weighted by Gasteiger charge is 2.27. The molecular formula is C57H113N3O4. The van der Waals surface area contributed by atoms with Crippen LogP contribution in [0.5, 0.6) is 0 Å².